The van der Waals surface area contributed by atoms with Crippen molar-refractivity contribution < 1.29 is 24.2 Å². The fraction of sp³-hybridized carbons (Fsp3) is 0.750. The van der Waals surface area contributed by atoms with E-state index >= 15 is 0 Å². The number of aliphatic carboxylic acids is 1. The Hall–Kier alpha value is -1.83. The van der Waals surface area contributed by atoms with Gasteiger partial charge in [0.25, 0.3) is 0 Å². The highest BCUT2D eigenvalue weighted by atomic mass is 16.5. The van der Waals surface area contributed by atoms with Gasteiger partial charge in [0.2, 0.25) is 5.91 Å². The number of hydrogen-bond donors (Lipinski definition) is 3. The summed E-state index contributed by atoms with van der Waals surface area (Å²) < 4.78 is 5.19. The van der Waals surface area contributed by atoms with E-state index in [1.807, 2.05) is 0 Å². The zero-order valence-corrected chi connectivity index (χ0v) is 11.3. The van der Waals surface area contributed by atoms with Crippen LogP contribution in [0.5, 0.6) is 0 Å². The zero-order chi connectivity index (χ0) is 15.0. The number of nitrogens with two attached hydrogens (primary N) is 1. The summed E-state index contributed by atoms with van der Waals surface area (Å²) in [5.41, 5.74) is 5.00. The topological polar surface area (TPSA) is 122 Å². The summed E-state index contributed by atoms with van der Waals surface area (Å²) >= 11 is 0. The van der Waals surface area contributed by atoms with Gasteiger partial charge in [-0.15, -0.1) is 0 Å². The second-order valence-electron chi connectivity index (χ2n) is 4.69. The van der Waals surface area contributed by atoms with Crippen LogP contribution in [-0.4, -0.2) is 60.3 Å². The SMILES string of the molecule is NC(=O)CCCNC(=O)N1CCC(OCC(=O)O)CC1. The third-order valence-corrected chi connectivity index (χ3v) is 3.05. The van der Waals surface area contributed by atoms with Gasteiger partial charge in [-0.05, 0) is 19.3 Å². The van der Waals surface area contributed by atoms with Crippen molar-refractivity contribution in [1.29, 1.82) is 0 Å². The molecule has 0 saturated carbocycles. The summed E-state index contributed by atoms with van der Waals surface area (Å²) in [4.78, 5) is 34.3. The van der Waals surface area contributed by atoms with Crippen LogP contribution in [0, 0.1) is 0 Å². The van der Waals surface area contributed by atoms with Crippen molar-refractivity contribution >= 4 is 17.9 Å². The standard InChI is InChI=1S/C12H21N3O5/c13-10(16)2-1-5-14-12(19)15-6-3-9(4-7-15)20-8-11(17)18/h9H,1-8H2,(H2,13,16)(H,14,19)(H,17,18). The molecule has 1 saturated heterocycles. The summed E-state index contributed by atoms with van der Waals surface area (Å²) in [6.45, 7) is 1.18. The molecule has 0 aromatic rings. The van der Waals surface area contributed by atoms with Gasteiger partial charge in [-0.2, -0.15) is 0 Å². The first-order valence-corrected chi connectivity index (χ1v) is 6.63. The molecule has 0 aliphatic carbocycles. The van der Waals surface area contributed by atoms with E-state index in [0.29, 0.717) is 38.9 Å². The van der Waals surface area contributed by atoms with Crippen LogP contribution in [0.4, 0.5) is 4.79 Å². The lowest BCUT2D eigenvalue weighted by Crippen LogP contribution is -2.46. The van der Waals surface area contributed by atoms with E-state index in [1.54, 1.807) is 4.90 Å². The van der Waals surface area contributed by atoms with E-state index < -0.39 is 5.97 Å². The molecule has 3 amide bonds. The van der Waals surface area contributed by atoms with Crippen molar-refractivity contribution in [2.75, 3.05) is 26.2 Å². The molecule has 0 unspecified atom stereocenters. The summed E-state index contributed by atoms with van der Waals surface area (Å²) in [5, 5.41) is 11.2. The monoisotopic (exact) mass is 287 g/mol. The molecular weight excluding hydrogens is 266 g/mol. The number of piperidine rings is 1. The summed E-state index contributed by atoms with van der Waals surface area (Å²) in [6, 6.07) is -0.175. The zero-order valence-electron chi connectivity index (χ0n) is 11.3. The summed E-state index contributed by atoms with van der Waals surface area (Å²) in [6.07, 6.45) is 1.93. The molecule has 4 N–H and O–H groups in total. The Balaban J connectivity index is 2.15. The Kier molecular flexibility index (Phi) is 6.78. The van der Waals surface area contributed by atoms with Crippen LogP contribution in [0.1, 0.15) is 25.7 Å². The molecule has 8 nitrogen and oxygen atoms in total. The van der Waals surface area contributed by atoms with Crippen molar-refractivity contribution in [2.45, 2.75) is 31.8 Å². The number of carboxylic acids is 1. The molecule has 1 aliphatic heterocycles. The highest BCUT2D eigenvalue weighted by molar-refractivity contribution is 5.75. The molecule has 1 rings (SSSR count). The van der Waals surface area contributed by atoms with Gasteiger partial charge in [-0.3, -0.25) is 4.79 Å². The van der Waals surface area contributed by atoms with Gasteiger partial charge < -0.3 is 25.8 Å². The Morgan fingerprint density at radius 2 is 1.95 bits per heavy atom. The number of hydrogen-bond acceptors (Lipinski definition) is 4. The fourth-order valence-corrected chi connectivity index (χ4v) is 1.98. The van der Waals surface area contributed by atoms with Gasteiger partial charge in [-0.1, -0.05) is 0 Å². The van der Waals surface area contributed by atoms with Gasteiger partial charge in [0.15, 0.2) is 0 Å². The van der Waals surface area contributed by atoms with Crippen molar-refractivity contribution in [3.63, 3.8) is 0 Å². The minimum Gasteiger partial charge on any atom is -0.480 e. The van der Waals surface area contributed by atoms with Gasteiger partial charge in [-0.25, -0.2) is 9.59 Å². The van der Waals surface area contributed by atoms with Gasteiger partial charge in [0, 0.05) is 26.1 Å². The molecule has 8 heteroatoms. The Morgan fingerprint density at radius 3 is 2.50 bits per heavy atom. The first-order valence-electron chi connectivity index (χ1n) is 6.63. The summed E-state index contributed by atoms with van der Waals surface area (Å²) in [5.74, 6) is -1.37. The normalized spacial score (nSPS) is 15.9. The molecule has 1 heterocycles. The molecule has 0 aromatic carbocycles. The number of likely N-dealkylation sites (tertiary alicyclic amines) is 1. The predicted molar refractivity (Wildman–Crippen MR) is 70.0 cm³/mol. The average Bonchev–Trinajstić information content (AvgIpc) is 2.41. The van der Waals surface area contributed by atoms with Crippen LogP contribution >= 0.6 is 0 Å². The van der Waals surface area contributed by atoms with Gasteiger partial charge >= 0.3 is 12.0 Å². The lowest BCUT2D eigenvalue weighted by atomic mass is 10.1. The van der Waals surface area contributed by atoms with Gasteiger partial charge in [0.05, 0.1) is 6.10 Å². The Bertz CT molecular complexity index is 353. The van der Waals surface area contributed by atoms with E-state index in [2.05, 4.69) is 5.32 Å². The Labute approximate surface area is 117 Å². The second-order valence-corrected chi connectivity index (χ2v) is 4.69. The van der Waals surface area contributed by atoms with Crippen LogP contribution < -0.4 is 11.1 Å². The fourth-order valence-electron chi connectivity index (χ4n) is 1.98. The lowest BCUT2D eigenvalue weighted by Gasteiger charge is -2.31. The molecule has 0 radical (unpaired) electrons. The predicted octanol–water partition coefficient (Wildman–Crippen LogP) is -0.473. The second kappa shape index (κ2) is 8.36. The van der Waals surface area contributed by atoms with Gasteiger partial charge in [0.1, 0.15) is 6.61 Å². The largest absolute Gasteiger partial charge is 0.480 e. The highest BCUT2D eigenvalue weighted by Gasteiger charge is 2.23. The number of nitrogens with one attached hydrogen (secondary N) is 1. The average molecular weight is 287 g/mol. The number of carbonyl (C=O) groups excluding carboxylic acids is 2. The number of amides is 3. The molecule has 20 heavy (non-hydrogen) atoms. The molecule has 0 aromatic heterocycles. The highest BCUT2D eigenvalue weighted by Crippen LogP contribution is 2.13. The Morgan fingerprint density at radius 1 is 1.30 bits per heavy atom. The molecule has 1 fully saturated rings. The lowest BCUT2D eigenvalue weighted by molar-refractivity contribution is -0.145. The van der Waals surface area contributed by atoms with Crippen LogP contribution in [0.25, 0.3) is 0 Å². The van der Waals surface area contributed by atoms with Crippen LogP contribution in [-0.2, 0) is 14.3 Å². The van der Waals surface area contributed by atoms with E-state index in [0.717, 1.165) is 0 Å². The number of ether oxygens (including phenoxy) is 1. The minimum atomic E-state index is -0.986. The number of nitrogens with zero attached hydrogens (tertiary/aromatic N) is 1. The molecular formula is C12H21N3O5. The molecule has 1 aliphatic rings. The van der Waals surface area contributed by atoms with Crippen molar-refractivity contribution in [3.05, 3.63) is 0 Å². The third kappa shape index (κ3) is 6.37. The quantitative estimate of drug-likeness (QED) is 0.546. The van der Waals surface area contributed by atoms with E-state index in [-0.39, 0.29) is 31.1 Å². The van der Waals surface area contributed by atoms with Crippen LogP contribution in [0.2, 0.25) is 0 Å². The maximum atomic E-state index is 11.8. The molecule has 114 valence electrons. The number of carbonyl (C=O) groups is 3. The molecule has 0 spiro atoms. The maximum absolute atomic E-state index is 11.8. The van der Waals surface area contributed by atoms with Crippen molar-refractivity contribution in [1.82, 2.24) is 10.2 Å². The number of urea groups is 1. The molecule has 0 atom stereocenters. The van der Waals surface area contributed by atoms with Crippen LogP contribution in [0.3, 0.4) is 0 Å². The number of rotatable bonds is 7. The maximum Gasteiger partial charge on any atom is 0.329 e. The molecule has 0 bridgehead atoms. The summed E-state index contributed by atoms with van der Waals surface area (Å²) in [7, 11) is 0. The van der Waals surface area contributed by atoms with E-state index in [9.17, 15) is 14.4 Å². The van der Waals surface area contributed by atoms with E-state index in [1.165, 1.54) is 0 Å². The minimum absolute atomic E-state index is 0.106. The smallest absolute Gasteiger partial charge is 0.329 e. The van der Waals surface area contributed by atoms with Crippen LogP contribution in [0.15, 0.2) is 0 Å². The number of carboxylic acid groups (broad SMARTS) is 1. The van der Waals surface area contributed by atoms with E-state index in [4.69, 9.17) is 15.6 Å². The first-order chi connectivity index (χ1) is 9.49. The number of primary amides is 1. The first kappa shape index (κ1) is 16.2. The third-order valence-electron chi connectivity index (χ3n) is 3.05. The van der Waals surface area contributed by atoms with Crippen molar-refractivity contribution in [3.8, 4) is 0 Å². The van der Waals surface area contributed by atoms with Crippen molar-refractivity contribution in [2.24, 2.45) is 5.73 Å².